The predicted molar refractivity (Wildman–Crippen MR) is 75.7 cm³/mol. The van der Waals surface area contributed by atoms with E-state index in [1.807, 2.05) is 24.3 Å². The van der Waals surface area contributed by atoms with E-state index in [9.17, 15) is 5.11 Å². The van der Waals surface area contributed by atoms with Gasteiger partial charge in [0.2, 0.25) is 0 Å². The molecule has 1 aromatic rings. The minimum Gasteiger partial charge on any atom is -0.491 e. The van der Waals surface area contributed by atoms with Gasteiger partial charge in [0.15, 0.2) is 0 Å². The van der Waals surface area contributed by atoms with Crippen LogP contribution in [0.5, 0.6) is 11.5 Å². The molecule has 0 heterocycles. The van der Waals surface area contributed by atoms with E-state index in [2.05, 4.69) is 13.8 Å². The lowest BCUT2D eigenvalue weighted by Gasteiger charge is -2.22. The summed E-state index contributed by atoms with van der Waals surface area (Å²) in [6, 6.07) is 7.65. The molecule has 1 atom stereocenters. The van der Waals surface area contributed by atoms with E-state index in [-0.39, 0.29) is 6.10 Å². The van der Waals surface area contributed by atoms with E-state index < -0.39 is 5.60 Å². The third-order valence-corrected chi connectivity index (χ3v) is 3.76. The number of rotatable bonds is 6. The van der Waals surface area contributed by atoms with Gasteiger partial charge in [0, 0.05) is 6.07 Å². The van der Waals surface area contributed by atoms with Crippen LogP contribution in [0.1, 0.15) is 46.0 Å². The molecule has 1 aliphatic rings. The summed E-state index contributed by atoms with van der Waals surface area (Å²) in [5.74, 6) is 1.59. The van der Waals surface area contributed by atoms with E-state index >= 15 is 0 Å². The Hall–Kier alpha value is -1.22. The Kier molecular flexibility index (Phi) is 4.70. The summed E-state index contributed by atoms with van der Waals surface area (Å²) in [5.41, 5.74) is -0.631. The Morgan fingerprint density at radius 1 is 1.26 bits per heavy atom. The Balaban J connectivity index is 1.91. The molecule has 19 heavy (non-hydrogen) atoms. The lowest BCUT2D eigenvalue weighted by atomic mass is 10.0. The lowest BCUT2D eigenvalue weighted by Crippen LogP contribution is -2.32. The normalized spacial score (nSPS) is 19.1. The van der Waals surface area contributed by atoms with Crippen LogP contribution in [0.15, 0.2) is 24.3 Å². The van der Waals surface area contributed by atoms with Crippen molar-refractivity contribution in [3.63, 3.8) is 0 Å². The zero-order chi connectivity index (χ0) is 13.7. The molecule has 3 nitrogen and oxygen atoms in total. The second kappa shape index (κ2) is 6.29. The maximum atomic E-state index is 10.2. The summed E-state index contributed by atoms with van der Waals surface area (Å²) in [4.78, 5) is 0. The molecule has 0 aromatic heterocycles. The van der Waals surface area contributed by atoms with Crippen molar-refractivity contribution >= 4 is 0 Å². The standard InChI is InChI=1S/C16H24O3/c1-3-13(2)19-15-8-6-7-14(11-15)18-12-16(17)9-4-5-10-16/h6-8,11,13,17H,3-5,9-10,12H2,1-2H3/t13-/m1/s1. The molecule has 0 radical (unpaired) electrons. The average Bonchev–Trinajstić information content (AvgIpc) is 2.84. The summed E-state index contributed by atoms with van der Waals surface area (Å²) in [5, 5.41) is 10.2. The molecule has 0 spiro atoms. The van der Waals surface area contributed by atoms with Crippen LogP contribution < -0.4 is 9.47 Å². The van der Waals surface area contributed by atoms with Gasteiger partial charge in [-0.05, 0) is 38.3 Å². The van der Waals surface area contributed by atoms with Crippen LogP contribution >= 0.6 is 0 Å². The smallest absolute Gasteiger partial charge is 0.123 e. The molecule has 1 N–H and O–H groups in total. The van der Waals surface area contributed by atoms with E-state index in [1.54, 1.807) is 0 Å². The summed E-state index contributed by atoms with van der Waals surface area (Å²) in [7, 11) is 0. The summed E-state index contributed by atoms with van der Waals surface area (Å²) >= 11 is 0. The Bertz CT molecular complexity index is 397. The van der Waals surface area contributed by atoms with Gasteiger partial charge in [0.1, 0.15) is 18.1 Å². The zero-order valence-electron chi connectivity index (χ0n) is 11.9. The maximum absolute atomic E-state index is 10.2. The molecular weight excluding hydrogens is 240 g/mol. The quantitative estimate of drug-likeness (QED) is 0.854. The SMILES string of the molecule is CC[C@@H](C)Oc1cccc(OCC2(O)CCCC2)c1. The first-order valence-corrected chi connectivity index (χ1v) is 7.23. The van der Waals surface area contributed by atoms with Crippen LogP contribution in [0.2, 0.25) is 0 Å². The summed E-state index contributed by atoms with van der Waals surface area (Å²) in [6.07, 6.45) is 5.06. The first-order valence-electron chi connectivity index (χ1n) is 7.23. The second-order valence-electron chi connectivity index (χ2n) is 5.53. The van der Waals surface area contributed by atoms with Crippen molar-refractivity contribution < 1.29 is 14.6 Å². The second-order valence-corrected chi connectivity index (χ2v) is 5.53. The fourth-order valence-corrected chi connectivity index (χ4v) is 2.35. The largest absolute Gasteiger partial charge is 0.491 e. The molecule has 1 fully saturated rings. The minimum absolute atomic E-state index is 0.203. The van der Waals surface area contributed by atoms with Gasteiger partial charge < -0.3 is 14.6 Å². The fourth-order valence-electron chi connectivity index (χ4n) is 2.35. The minimum atomic E-state index is -0.631. The highest BCUT2D eigenvalue weighted by atomic mass is 16.5. The van der Waals surface area contributed by atoms with Gasteiger partial charge in [-0.25, -0.2) is 0 Å². The first-order chi connectivity index (χ1) is 9.11. The van der Waals surface area contributed by atoms with Crippen LogP contribution in [0.3, 0.4) is 0 Å². The van der Waals surface area contributed by atoms with Gasteiger partial charge in [-0.2, -0.15) is 0 Å². The van der Waals surface area contributed by atoms with Gasteiger partial charge in [-0.3, -0.25) is 0 Å². The zero-order valence-corrected chi connectivity index (χ0v) is 11.9. The summed E-state index contributed by atoms with van der Waals surface area (Å²) in [6.45, 7) is 4.52. The highest BCUT2D eigenvalue weighted by molar-refractivity contribution is 5.33. The molecule has 106 valence electrons. The van der Waals surface area contributed by atoms with Crippen LogP contribution in [0.25, 0.3) is 0 Å². The molecule has 0 unspecified atom stereocenters. The molecule has 0 bridgehead atoms. The molecule has 2 rings (SSSR count). The van der Waals surface area contributed by atoms with E-state index in [0.29, 0.717) is 6.61 Å². The van der Waals surface area contributed by atoms with Crippen LogP contribution in [0, 0.1) is 0 Å². The van der Waals surface area contributed by atoms with Crippen LogP contribution in [-0.4, -0.2) is 23.4 Å². The topological polar surface area (TPSA) is 38.7 Å². The first kappa shape index (κ1) is 14.2. The average molecular weight is 264 g/mol. The van der Waals surface area contributed by atoms with Crippen LogP contribution in [0.4, 0.5) is 0 Å². The van der Waals surface area contributed by atoms with Gasteiger partial charge in [-0.1, -0.05) is 25.8 Å². The van der Waals surface area contributed by atoms with Crippen molar-refractivity contribution in [3.8, 4) is 11.5 Å². The number of aliphatic hydroxyl groups is 1. The van der Waals surface area contributed by atoms with Gasteiger partial charge >= 0.3 is 0 Å². The third-order valence-electron chi connectivity index (χ3n) is 3.76. The fraction of sp³-hybridized carbons (Fsp3) is 0.625. The Labute approximate surface area is 115 Å². The van der Waals surface area contributed by atoms with E-state index in [0.717, 1.165) is 43.6 Å². The monoisotopic (exact) mass is 264 g/mol. The van der Waals surface area contributed by atoms with E-state index in [1.165, 1.54) is 0 Å². The van der Waals surface area contributed by atoms with Gasteiger partial charge in [0.25, 0.3) is 0 Å². The van der Waals surface area contributed by atoms with Crippen LogP contribution in [-0.2, 0) is 0 Å². The lowest BCUT2D eigenvalue weighted by molar-refractivity contribution is 0.00131. The number of benzene rings is 1. The predicted octanol–water partition coefficient (Wildman–Crippen LogP) is 3.55. The molecule has 0 aliphatic heterocycles. The number of hydrogen-bond donors (Lipinski definition) is 1. The van der Waals surface area contributed by atoms with Crippen molar-refractivity contribution in [1.29, 1.82) is 0 Å². The molecule has 0 saturated heterocycles. The summed E-state index contributed by atoms with van der Waals surface area (Å²) < 4.78 is 11.5. The maximum Gasteiger partial charge on any atom is 0.123 e. The van der Waals surface area contributed by atoms with E-state index in [4.69, 9.17) is 9.47 Å². The Morgan fingerprint density at radius 3 is 2.63 bits per heavy atom. The molecule has 1 aromatic carbocycles. The number of ether oxygens (including phenoxy) is 2. The van der Waals surface area contributed by atoms with Gasteiger partial charge in [-0.15, -0.1) is 0 Å². The van der Waals surface area contributed by atoms with Crippen molar-refractivity contribution in [1.82, 2.24) is 0 Å². The molecular formula is C16H24O3. The van der Waals surface area contributed by atoms with Crippen molar-refractivity contribution in [2.75, 3.05) is 6.61 Å². The molecule has 1 saturated carbocycles. The molecule has 0 amide bonds. The van der Waals surface area contributed by atoms with Crippen molar-refractivity contribution in [3.05, 3.63) is 24.3 Å². The highest BCUT2D eigenvalue weighted by Crippen LogP contribution is 2.30. The third kappa shape index (κ3) is 4.13. The Morgan fingerprint density at radius 2 is 1.95 bits per heavy atom. The van der Waals surface area contributed by atoms with Crippen molar-refractivity contribution in [2.24, 2.45) is 0 Å². The highest BCUT2D eigenvalue weighted by Gasteiger charge is 2.31. The molecule has 3 heteroatoms. The number of hydrogen-bond acceptors (Lipinski definition) is 3. The van der Waals surface area contributed by atoms with Gasteiger partial charge in [0.05, 0.1) is 11.7 Å². The van der Waals surface area contributed by atoms with Crippen molar-refractivity contribution in [2.45, 2.75) is 57.7 Å². The molecule has 1 aliphatic carbocycles.